The minimum absolute atomic E-state index is 1.06. The SMILES string of the molecule is c1ccc(-c2nc3ccc4sc5ccc(-c6ccc(N(c7ccc8ccccc8c7)c7ccccc7-c7ccccc7)cc6)cc5c4c3s2)cc1. The molecule has 0 atom stereocenters. The van der Waals surface area contributed by atoms with Crippen LogP contribution in [0.4, 0.5) is 17.1 Å². The highest BCUT2D eigenvalue weighted by Crippen LogP contribution is 2.45. The highest BCUT2D eigenvalue weighted by atomic mass is 32.1. The monoisotopic (exact) mass is 686 g/mol. The Bertz CT molecular complexity index is 2850. The average molecular weight is 687 g/mol. The molecule has 0 amide bonds. The Morgan fingerprint density at radius 2 is 1.10 bits per heavy atom. The van der Waals surface area contributed by atoms with Crippen LogP contribution >= 0.6 is 22.7 Å². The van der Waals surface area contributed by atoms with Crippen LogP contribution in [-0.2, 0) is 0 Å². The number of hydrogen-bond donors (Lipinski definition) is 0. The number of rotatable bonds is 6. The van der Waals surface area contributed by atoms with Crippen LogP contribution in [0.3, 0.4) is 0 Å². The summed E-state index contributed by atoms with van der Waals surface area (Å²) in [6.45, 7) is 0. The van der Waals surface area contributed by atoms with Gasteiger partial charge in [0.2, 0.25) is 0 Å². The highest BCUT2D eigenvalue weighted by molar-refractivity contribution is 7.28. The van der Waals surface area contributed by atoms with Crippen LogP contribution < -0.4 is 4.90 Å². The van der Waals surface area contributed by atoms with Crippen LogP contribution in [0.25, 0.3) is 74.0 Å². The molecule has 0 saturated carbocycles. The van der Waals surface area contributed by atoms with Gasteiger partial charge in [0.25, 0.3) is 0 Å². The number of anilines is 3. The third kappa shape index (κ3) is 5.28. The normalized spacial score (nSPS) is 11.5. The Morgan fingerprint density at radius 3 is 1.92 bits per heavy atom. The van der Waals surface area contributed by atoms with Gasteiger partial charge < -0.3 is 4.90 Å². The van der Waals surface area contributed by atoms with E-state index in [4.69, 9.17) is 4.98 Å². The van der Waals surface area contributed by atoms with Gasteiger partial charge in [0.1, 0.15) is 5.01 Å². The molecule has 4 heteroatoms. The van der Waals surface area contributed by atoms with Gasteiger partial charge in [-0.2, -0.15) is 0 Å². The number of thiazole rings is 1. The molecule has 51 heavy (non-hydrogen) atoms. The minimum atomic E-state index is 1.06. The molecule has 0 radical (unpaired) electrons. The maximum atomic E-state index is 5.04. The molecule has 0 unspecified atom stereocenters. The number of benzene rings is 8. The molecular weight excluding hydrogens is 657 g/mol. The van der Waals surface area contributed by atoms with Crippen LogP contribution in [0.15, 0.2) is 182 Å². The van der Waals surface area contributed by atoms with Gasteiger partial charge in [-0.05, 0) is 82.1 Å². The number of para-hydroxylation sites is 1. The van der Waals surface area contributed by atoms with E-state index in [0.29, 0.717) is 0 Å². The Labute approximate surface area is 304 Å². The predicted octanol–water partition coefficient (Wildman–Crippen LogP) is 14.3. The molecule has 0 aliphatic carbocycles. The van der Waals surface area contributed by atoms with Gasteiger partial charge in [-0.1, -0.05) is 127 Å². The Morgan fingerprint density at radius 1 is 0.431 bits per heavy atom. The zero-order valence-electron chi connectivity index (χ0n) is 27.5. The van der Waals surface area contributed by atoms with Crippen molar-refractivity contribution in [2.24, 2.45) is 0 Å². The third-order valence-corrected chi connectivity index (χ3v) is 12.0. The zero-order valence-corrected chi connectivity index (χ0v) is 29.2. The molecule has 0 spiro atoms. The first-order valence-electron chi connectivity index (χ1n) is 17.1. The summed E-state index contributed by atoms with van der Waals surface area (Å²) in [7, 11) is 0. The molecule has 240 valence electrons. The topological polar surface area (TPSA) is 16.1 Å². The second-order valence-corrected chi connectivity index (χ2v) is 14.9. The van der Waals surface area contributed by atoms with E-state index in [2.05, 4.69) is 187 Å². The Kier molecular flexibility index (Phi) is 7.23. The maximum absolute atomic E-state index is 5.04. The van der Waals surface area contributed by atoms with Crippen molar-refractivity contribution in [1.29, 1.82) is 0 Å². The van der Waals surface area contributed by atoms with Crippen molar-refractivity contribution in [3.05, 3.63) is 182 Å². The molecule has 0 N–H and O–H groups in total. The van der Waals surface area contributed by atoms with Gasteiger partial charge in [0, 0.05) is 42.7 Å². The summed E-state index contributed by atoms with van der Waals surface area (Å²) in [4.78, 5) is 7.42. The van der Waals surface area contributed by atoms with E-state index in [9.17, 15) is 0 Å². The van der Waals surface area contributed by atoms with Crippen LogP contribution in [0.2, 0.25) is 0 Å². The zero-order chi connectivity index (χ0) is 33.7. The molecule has 8 aromatic carbocycles. The average Bonchev–Trinajstić information content (AvgIpc) is 3.81. The molecule has 0 bridgehead atoms. The van der Waals surface area contributed by atoms with Gasteiger partial charge in [0.05, 0.1) is 15.9 Å². The lowest BCUT2D eigenvalue weighted by molar-refractivity contribution is 1.29. The van der Waals surface area contributed by atoms with Crippen molar-refractivity contribution in [2.45, 2.75) is 0 Å². The largest absolute Gasteiger partial charge is 0.310 e. The third-order valence-electron chi connectivity index (χ3n) is 9.69. The smallest absolute Gasteiger partial charge is 0.124 e. The number of aromatic nitrogens is 1. The standard InChI is InChI=1S/C47H30N2S2/c1-3-12-33(13-4-1)39-17-9-10-18-42(39)49(38-25-21-31-11-7-8-16-35(31)29-38)37-23-19-32(20-24-37)36-22-27-43-40(30-36)45-44(50-43)28-26-41-46(45)51-47(48-41)34-14-5-2-6-15-34/h1-30H. The molecule has 2 aromatic heterocycles. The summed E-state index contributed by atoms with van der Waals surface area (Å²) in [5.74, 6) is 0. The van der Waals surface area contributed by atoms with E-state index in [1.165, 1.54) is 57.9 Å². The van der Waals surface area contributed by atoms with Crippen molar-refractivity contribution in [1.82, 2.24) is 4.98 Å². The summed E-state index contributed by atoms with van der Waals surface area (Å²) in [6.07, 6.45) is 0. The molecular formula is C47H30N2S2. The highest BCUT2D eigenvalue weighted by Gasteiger charge is 2.19. The first kappa shape index (κ1) is 29.8. The van der Waals surface area contributed by atoms with E-state index in [1.54, 1.807) is 11.3 Å². The van der Waals surface area contributed by atoms with Gasteiger partial charge >= 0.3 is 0 Å². The van der Waals surface area contributed by atoms with E-state index in [-0.39, 0.29) is 0 Å². The van der Waals surface area contributed by atoms with E-state index < -0.39 is 0 Å². The minimum Gasteiger partial charge on any atom is -0.310 e. The quantitative estimate of drug-likeness (QED) is 0.173. The summed E-state index contributed by atoms with van der Waals surface area (Å²) >= 11 is 3.65. The molecule has 10 aromatic rings. The summed E-state index contributed by atoms with van der Waals surface area (Å²) < 4.78 is 3.86. The Hall–Kier alpha value is -6.07. The van der Waals surface area contributed by atoms with Gasteiger partial charge in [-0.15, -0.1) is 22.7 Å². The summed E-state index contributed by atoms with van der Waals surface area (Å²) in [6, 6.07) is 65.6. The second-order valence-electron chi connectivity index (χ2n) is 12.8. The van der Waals surface area contributed by atoms with E-state index >= 15 is 0 Å². The lowest BCUT2D eigenvalue weighted by Crippen LogP contribution is -2.11. The second kappa shape index (κ2) is 12.4. The molecule has 0 aliphatic rings. The summed E-state index contributed by atoms with van der Waals surface area (Å²) in [5.41, 5.74) is 10.4. The first-order valence-corrected chi connectivity index (χ1v) is 18.8. The van der Waals surface area contributed by atoms with Crippen molar-refractivity contribution in [2.75, 3.05) is 4.90 Å². The predicted molar refractivity (Wildman–Crippen MR) is 221 cm³/mol. The fourth-order valence-corrected chi connectivity index (χ4v) is 9.50. The number of fused-ring (bicyclic) bond motifs is 6. The molecule has 0 aliphatic heterocycles. The van der Waals surface area contributed by atoms with E-state index in [0.717, 1.165) is 33.1 Å². The molecule has 0 fully saturated rings. The maximum Gasteiger partial charge on any atom is 0.124 e. The molecule has 0 saturated heterocycles. The van der Waals surface area contributed by atoms with Gasteiger partial charge in [0.15, 0.2) is 0 Å². The van der Waals surface area contributed by atoms with Gasteiger partial charge in [-0.3, -0.25) is 0 Å². The number of thiophene rings is 1. The van der Waals surface area contributed by atoms with Crippen molar-refractivity contribution in [3.63, 3.8) is 0 Å². The van der Waals surface area contributed by atoms with Crippen LogP contribution in [0.5, 0.6) is 0 Å². The first-order chi connectivity index (χ1) is 25.3. The summed E-state index contributed by atoms with van der Waals surface area (Å²) in [5, 5.41) is 6.12. The number of nitrogens with zero attached hydrogens (tertiary/aromatic N) is 2. The molecule has 10 rings (SSSR count). The number of hydrogen-bond acceptors (Lipinski definition) is 4. The van der Waals surface area contributed by atoms with Crippen molar-refractivity contribution in [3.8, 4) is 32.8 Å². The Balaban J connectivity index is 1.09. The fraction of sp³-hybridized carbons (Fsp3) is 0. The van der Waals surface area contributed by atoms with Crippen LogP contribution in [0, 0.1) is 0 Å². The van der Waals surface area contributed by atoms with Crippen molar-refractivity contribution < 1.29 is 0 Å². The van der Waals surface area contributed by atoms with E-state index in [1.807, 2.05) is 11.3 Å². The lowest BCUT2D eigenvalue weighted by Gasteiger charge is -2.28. The molecule has 2 nitrogen and oxygen atoms in total. The van der Waals surface area contributed by atoms with Gasteiger partial charge in [-0.25, -0.2) is 4.98 Å². The lowest BCUT2D eigenvalue weighted by atomic mass is 10.00. The molecule has 2 heterocycles. The van der Waals surface area contributed by atoms with Crippen LogP contribution in [0.1, 0.15) is 0 Å². The van der Waals surface area contributed by atoms with Crippen molar-refractivity contribution >= 4 is 80.9 Å². The van der Waals surface area contributed by atoms with Crippen LogP contribution in [-0.4, -0.2) is 4.98 Å². The fourth-order valence-electron chi connectivity index (χ4n) is 7.21.